The Morgan fingerprint density at radius 3 is 2.75 bits per heavy atom. The fraction of sp³-hybridized carbons (Fsp3) is 0.333. The van der Waals surface area contributed by atoms with Gasteiger partial charge in [-0.25, -0.2) is 0 Å². The lowest BCUT2D eigenvalue weighted by Gasteiger charge is -1.87. The molecule has 0 aliphatic rings. The van der Waals surface area contributed by atoms with E-state index in [1.807, 2.05) is 0 Å². The van der Waals surface area contributed by atoms with Crippen LogP contribution in [0.3, 0.4) is 0 Å². The number of aryl methyl sites for hydroxylation is 1. The zero-order valence-corrected chi connectivity index (χ0v) is 6.43. The average Bonchev–Trinajstić information content (AvgIpc) is 2.14. The van der Waals surface area contributed by atoms with Gasteiger partial charge in [-0.2, -0.15) is 12.6 Å². The SMILES string of the molecule is Cc1ccsc1CS. The van der Waals surface area contributed by atoms with Gasteiger partial charge < -0.3 is 0 Å². The summed E-state index contributed by atoms with van der Waals surface area (Å²) in [5.41, 5.74) is 1.37. The third kappa shape index (κ3) is 1.06. The average molecular weight is 144 g/mol. The van der Waals surface area contributed by atoms with E-state index in [1.54, 1.807) is 11.3 Å². The van der Waals surface area contributed by atoms with Gasteiger partial charge in [-0.05, 0) is 23.9 Å². The minimum atomic E-state index is 0.878. The van der Waals surface area contributed by atoms with Crippen LogP contribution in [0.25, 0.3) is 0 Å². The predicted octanol–water partition coefficient (Wildman–Crippen LogP) is 2.49. The Morgan fingerprint density at radius 2 is 2.50 bits per heavy atom. The highest BCUT2D eigenvalue weighted by Gasteiger charge is 1.93. The third-order valence-electron chi connectivity index (χ3n) is 1.11. The topological polar surface area (TPSA) is 0 Å². The molecule has 0 unspecified atom stereocenters. The monoisotopic (exact) mass is 144 g/mol. The lowest BCUT2D eigenvalue weighted by molar-refractivity contribution is 1.41. The Balaban J connectivity index is 2.92. The first kappa shape index (κ1) is 6.17. The standard InChI is InChI=1S/C6H8S2/c1-5-2-3-8-6(5)4-7/h2-3,7H,4H2,1H3. The van der Waals surface area contributed by atoms with Crippen molar-refractivity contribution >= 4 is 24.0 Å². The molecule has 0 aliphatic carbocycles. The van der Waals surface area contributed by atoms with Crippen LogP contribution in [-0.2, 0) is 5.75 Å². The van der Waals surface area contributed by atoms with Crippen LogP contribution in [0.2, 0.25) is 0 Å². The number of rotatable bonds is 1. The van der Waals surface area contributed by atoms with Crippen LogP contribution in [0.4, 0.5) is 0 Å². The molecule has 0 saturated heterocycles. The fourth-order valence-electron chi connectivity index (χ4n) is 0.566. The summed E-state index contributed by atoms with van der Waals surface area (Å²) < 4.78 is 0. The normalized spacial score (nSPS) is 9.75. The van der Waals surface area contributed by atoms with Crippen LogP contribution in [0, 0.1) is 6.92 Å². The molecule has 0 aromatic carbocycles. The van der Waals surface area contributed by atoms with Crippen LogP contribution in [-0.4, -0.2) is 0 Å². The van der Waals surface area contributed by atoms with Gasteiger partial charge in [0.1, 0.15) is 0 Å². The van der Waals surface area contributed by atoms with Crippen LogP contribution in [0.5, 0.6) is 0 Å². The van der Waals surface area contributed by atoms with Gasteiger partial charge in [-0.1, -0.05) is 0 Å². The molecule has 0 radical (unpaired) electrons. The molecule has 0 amide bonds. The maximum atomic E-state index is 4.16. The molecule has 1 aromatic rings. The summed E-state index contributed by atoms with van der Waals surface area (Å²) in [5.74, 6) is 0.878. The number of thiophene rings is 1. The zero-order chi connectivity index (χ0) is 5.98. The smallest absolute Gasteiger partial charge is 0.0251 e. The van der Waals surface area contributed by atoms with Gasteiger partial charge in [0.15, 0.2) is 0 Å². The molecule has 0 aliphatic heterocycles. The molecule has 0 spiro atoms. The molecule has 0 nitrogen and oxygen atoms in total. The van der Waals surface area contributed by atoms with Gasteiger partial charge in [-0.3, -0.25) is 0 Å². The number of hydrogen-bond donors (Lipinski definition) is 1. The highest BCUT2D eigenvalue weighted by atomic mass is 32.1. The second kappa shape index (κ2) is 2.55. The molecule has 0 fully saturated rings. The van der Waals surface area contributed by atoms with Crippen molar-refractivity contribution < 1.29 is 0 Å². The molecule has 0 N–H and O–H groups in total. The lowest BCUT2D eigenvalue weighted by atomic mass is 10.3. The Hall–Kier alpha value is 0.0500. The van der Waals surface area contributed by atoms with Crippen molar-refractivity contribution in [1.29, 1.82) is 0 Å². The van der Waals surface area contributed by atoms with Gasteiger partial charge in [0, 0.05) is 10.6 Å². The van der Waals surface area contributed by atoms with E-state index in [0.717, 1.165) is 5.75 Å². The van der Waals surface area contributed by atoms with E-state index < -0.39 is 0 Å². The highest BCUT2D eigenvalue weighted by Crippen LogP contribution is 2.16. The van der Waals surface area contributed by atoms with E-state index in [1.165, 1.54) is 10.4 Å². The van der Waals surface area contributed by atoms with Crippen LogP contribution in [0.15, 0.2) is 11.4 Å². The Bertz CT molecular complexity index is 167. The van der Waals surface area contributed by atoms with E-state index in [2.05, 4.69) is 31.0 Å². The molecule has 0 atom stereocenters. The lowest BCUT2D eigenvalue weighted by Crippen LogP contribution is -1.70. The summed E-state index contributed by atoms with van der Waals surface area (Å²) in [6.45, 7) is 2.11. The zero-order valence-electron chi connectivity index (χ0n) is 4.72. The van der Waals surface area contributed by atoms with E-state index >= 15 is 0 Å². The van der Waals surface area contributed by atoms with Gasteiger partial charge in [0.2, 0.25) is 0 Å². The van der Waals surface area contributed by atoms with Gasteiger partial charge in [0.25, 0.3) is 0 Å². The quantitative estimate of drug-likeness (QED) is 0.575. The van der Waals surface area contributed by atoms with E-state index in [9.17, 15) is 0 Å². The van der Waals surface area contributed by atoms with Gasteiger partial charge in [0.05, 0.1) is 0 Å². The van der Waals surface area contributed by atoms with Crippen LogP contribution < -0.4 is 0 Å². The molecule has 8 heavy (non-hydrogen) atoms. The largest absolute Gasteiger partial charge is 0.174 e. The summed E-state index contributed by atoms with van der Waals surface area (Å²) in [7, 11) is 0. The van der Waals surface area contributed by atoms with Crippen molar-refractivity contribution in [2.24, 2.45) is 0 Å². The number of hydrogen-bond acceptors (Lipinski definition) is 2. The van der Waals surface area contributed by atoms with Crippen molar-refractivity contribution in [1.82, 2.24) is 0 Å². The Labute approximate surface area is 59.0 Å². The van der Waals surface area contributed by atoms with Crippen LogP contribution >= 0.6 is 24.0 Å². The first-order valence-electron chi connectivity index (χ1n) is 2.48. The van der Waals surface area contributed by atoms with Gasteiger partial charge >= 0.3 is 0 Å². The molecule has 0 bridgehead atoms. The molecule has 2 heteroatoms. The van der Waals surface area contributed by atoms with Crippen LogP contribution in [0.1, 0.15) is 10.4 Å². The summed E-state index contributed by atoms with van der Waals surface area (Å²) in [5, 5.41) is 2.10. The molecule has 1 heterocycles. The summed E-state index contributed by atoms with van der Waals surface area (Å²) >= 11 is 5.93. The molecule has 1 rings (SSSR count). The Kier molecular flexibility index (Phi) is 1.97. The first-order valence-corrected chi connectivity index (χ1v) is 3.99. The summed E-state index contributed by atoms with van der Waals surface area (Å²) in [6.07, 6.45) is 0. The minimum Gasteiger partial charge on any atom is -0.174 e. The van der Waals surface area contributed by atoms with Gasteiger partial charge in [-0.15, -0.1) is 11.3 Å². The highest BCUT2D eigenvalue weighted by molar-refractivity contribution is 7.79. The maximum absolute atomic E-state index is 4.16. The molecule has 1 aromatic heterocycles. The molecule has 0 saturated carbocycles. The van der Waals surface area contributed by atoms with Crippen molar-refractivity contribution in [3.8, 4) is 0 Å². The molecule has 44 valence electrons. The molecular formula is C6H8S2. The third-order valence-corrected chi connectivity index (χ3v) is 2.66. The van der Waals surface area contributed by atoms with E-state index in [4.69, 9.17) is 0 Å². The first-order chi connectivity index (χ1) is 3.84. The van der Waals surface area contributed by atoms with Crippen molar-refractivity contribution in [2.75, 3.05) is 0 Å². The number of thiol groups is 1. The Morgan fingerprint density at radius 1 is 1.75 bits per heavy atom. The second-order valence-electron chi connectivity index (χ2n) is 1.68. The van der Waals surface area contributed by atoms with E-state index in [0.29, 0.717) is 0 Å². The predicted molar refractivity (Wildman–Crippen MR) is 41.7 cm³/mol. The summed E-state index contributed by atoms with van der Waals surface area (Å²) in [6, 6.07) is 2.12. The second-order valence-corrected chi connectivity index (χ2v) is 3.00. The maximum Gasteiger partial charge on any atom is 0.0251 e. The van der Waals surface area contributed by atoms with Crippen molar-refractivity contribution in [3.63, 3.8) is 0 Å². The fourth-order valence-corrected chi connectivity index (χ4v) is 1.80. The van der Waals surface area contributed by atoms with E-state index in [-0.39, 0.29) is 0 Å². The summed E-state index contributed by atoms with van der Waals surface area (Å²) in [4.78, 5) is 1.38. The van der Waals surface area contributed by atoms with Crippen molar-refractivity contribution in [2.45, 2.75) is 12.7 Å². The minimum absolute atomic E-state index is 0.878. The molecular weight excluding hydrogens is 136 g/mol. The van der Waals surface area contributed by atoms with Crippen molar-refractivity contribution in [3.05, 3.63) is 21.9 Å².